The summed E-state index contributed by atoms with van der Waals surface area (Å²) in [5.74, 6) is -0.594. The molecule has 0 atom stereocenters. The first-order chi connectivity index (χ1) is 11.7. The molecule has 1 aromatic rings. The van der Waals surface area contributed by atoms with Gasteiger partial charge in [0.15, 0.2) is 0 Å². The Labute approximate surface area is 210 Å². The number of rotatable bonds is 4. The van der Waals surface area contributed by atoms with Crippen molar-refractivity contribution in [1.82, 2.24) is 0 Å². The number of esters is 2. The molecule has 2 aliphatic carbocycles. The molecule has 2 aliphatic rings. The fourth-order valence-corrected chi connectivity index (χ4v) is 3.55. The van der Waals surface area contributed by atoms with Crippen LogP contribution in [-0.4, -0.2) is 24.1 Å². The number of ether oxygens (including phenoxy) is 2. The van der Waals surface area contributed by atoms with E-state index in [0.717, 1.165) is 51.4 Å². The first-order valence-electron chi connectivity index (χ1n) is 9.24. The normalized spacial score (nSPS) is 18.9. The second kappa shape index (κ2) is 11.1. The fourth-order valence-electron chi connectivity index (χ4n) is 3.55. The van der Waals surface area contributed by atoms with Crippen molar-refractivity contribution in [2.24, 2.45) is 0 Å². The molecule has 1 aromatic carbocycles. The van der Waals surface area contributed by atoms with Crippen LogP contribution in [0.25, 0.3) is 0 Å². The molecule has 0 radical (unpaired) electrons. The zero-order valence-electron chi connectivity index (χ0n) is 16.2. The van der Waals surface area contributed by atoms with Crippen LogP contribution >= 0.6 is 0 Å². The van der Waals surface area contributed by atoms with Gasteiger partial charge in [0.05, 0.1) is 11.1 Å². The Bertz CT molecular complexity index is 513. The minimum atomic E-state index is -0.297. The van der Waals surface area contributed by atoms with Gasteiger partial charge < -0.3 is 10.9 Å². The summed E-state index contributed by atoms with van der Waals surface area (Å²) in [7, 11) is 0. The molecule has 0 unspecified atom stereocenters. The number of carbonyl (C=O) groups is 2. The van der Waals surface area contributed by atoms with Gasteiger partial charge in [-0.3, -0.25) is 0 Å². The van der Waals surface area contributed by atoms with Crippen LogP contribution in [-0.2, 0) is 9.47 Å². The topological polar surface area (TPSA) is 52.6 Å². The van der Waals surface area contributed by atoms with E-state index in [-0.39, 0.29) is 94.5 Å². The maximum Gasteiger partial charge on any atom is 1.00 e. The van der Waals surface area contributed by atoms with Gasteiger partial charge in [0.1, 0.15) is 12.2 Å². The summed E-state index contributed by atoms with van der Waals surface area (Å²) in [6, 6.07) is 6.62. The van der Waals surface area contributed by atoms with Gasteiger partial charge in [0.2, 0.25) is 0 Å². The average Bonchev–Trinajstić information content (AvgIpc) is 2.63. The van der Waals surface area contributed by atoms with Gasteiger partial charge in [0.25, 0.3) is 0 Å². The van der Waals surface area contributed by atoms with E-state index >= 15 is 0 Å². The Kier molecular flexibility index (Phi) is 9.59. The van der Waals surface area contributed by atoms with Gasteiger partial charge in [-0.1, -0.05) is 12.8 Å². The van der Waals surface area contributed by atoms with Crippen LogP contribution in [0, 0.1) is 0 Å². The summed E-state index contributed by atoms with van der Waals surface area (Å²) in [4.78, 5) is 24.3. The fraction of sp³-hybridized carbons (Fsp3) is 0.600. The Morgan fingerprint density at radius 2 is 1.00 bits per heavy atom. The van der Waals surface area contributed by atoms with E-state index in [1.807, 2.05) is 0 Å². The first-order valence-corrected chi connectivity index (χ1v) is 9.24. The van der Waals surface area contributed by atoms with Crippen molar-refractivity contribution in [1.29, 1.82) is 0 Å². The maximum absolute atomic E-state index is 12.2. The van der Waals surface area contributed by atoms with Crippen LogP contribution in [0.5, 0.6) is 0 Å². The summed E-state index contributed by atoms with van der Waals surface area (Å²) in [6.07, 6.45) is 10.9. The summed E-state index contributed by atoms with van der Waals surface area (Å²) < 4.78 is 11.1. The number of hydrogen-bond acceptors (Lipinski definition) is 4. The maximum atomic E-state index is 12.2. The third-order valence-corrected chi connectivity index (χ3v) is 5.01. The van der Waals surface area contributed by atoms with Crippen molar-refractivity contribution in [3.8, 4) is 0 Å². The molecule has 132 valence electrons. The van der Waals surface area contributed by atoms with Crippen molar-refractivity contribution in [3.05, 3.63) is 35.4 Å². The van der Waals surface area contributed by atoms with Crippen LogP contribution in [0.1, 0.15) is 86.4 Å². The van der Waals surface area contributed by atoms with E-state index in [1.165, 1.54) is 12.8 Å². The van der Waals surface area contributed by atoms with Gasteiger partial charge >= 0.3 is 80.8 Å². The molecule has 0 N–H and O–H groups in total. The molecule has 0 saturated heterocycles. The largest absolute Gasteiger partial charge is 1.00 e. The minimum absolute atomic E-state index is 0. The summed E-state index contributed by atoms with van der Waals surface area (Å²) in [5, 5.41) is 0. The molecule has 2 fully saturated rings. The van der Waals surface area contributed by atoms with Crippen molar-refractivity contribution in [2.75, 3.05) is 0 Å². The van der Waals surface area contributed by atoms with Crippen molar-refractivity contribution < 1.29 is 89.4 Å². The SMILES string of the molecule is O=C(OC1CCCCC1)c1ccc(C(=O)OC2CCCCC2)cc1.[Cs+].[H-]. The Morgan fingerprint density at radius 3 is 1.32 bits per heavy atom. The predicted molar refractivity (Wildman–Crippen MR) is 92.1 cm³/mol. The van der Waals surface area contributed by atoms with E-state index in [2.05, 4.69) is 0 Å². The predicted octanol–water partition coefficient (Wildman–Crippen LogP) is 1.78. The molecule has 0 aromatic heterocycles. The third kappa shape index (κ3) is 6.70. The van der Waals surface area contributed by atoms with Crippen LogP contribution in [0.2, 0.25) is 0 Å². The van der Waals surface area contributed by atoms with Crippen LogP contribution in [0.3, 0.4) is 0 Å². The summed E-state index contributed by atoms with van der Waals surface area (Å²) >= 11 is 0. The van der Waals surface area contributed by atoms with Gasteiger partial charge in [-0.15, -0.1) is 0 Å². The van der Waals surface area contributed by atoms with Crippen LogP contribution in [0.4, 0.5) is 0 Å². The van der Waals surface area contributed by atoms with Gasteiger partial charge in [-0.05, 0) is 75.6 Å². The molecule has 25 heavy (non-hydrogen) atoms. The smallest absolute Gasteiger partial charge is 1.00 e. The number of benzene rings is 1. The summed E-state index contributed by atoms with van der Waals surface area (Å²) in [5.41, 5.74) is 0.990. The van der Waals surface area contributed by atoms with E-state index < -0.39 is 0 Å². The molecular formula is C20H27CsO4. The molecule has 3 rings (SSSR count). The monoisotopic (exact) mass is 464 g/mol. The van der Waals surface area contributed by atoms with E-state index in [1.54, 1.807) is 24.3 Å². The van der Waals surface area contributed by atoms with Crippen LogP contribution < -0.4 is 68.9 Å². The molecule has 0 amide bonds. The van der Waals surface area contributed by atoms with Gasteiger partial charge in [-0.25, -0.2) is 9.59 Å². The quantitative estimate of drug-likeness (QED) is 0.638. The molecule has 0 aliphatic heterocycles. The van der Waals surface area contributed by atoms with E-state index in [4.69, 9.17) is 9.47 Å². The molecular weight excluding hydrogens is 437 g/mol. The Balaban J connectivity index is 0.00000169. The molecule has 2 saturated carbocycles. The first kappa shape index (κ1) is 21.5. The van der Waals surface area contributed by atoms with Crippen molar-refractivity contribution in [3.63, 3.8) is 0 Å². The van der Waals surface area contributed by atoms with Crippen molar-refractivity contribution >= 4 is 11.9 Å². The standard InChI is InChI=1S/C20H26O4.Cs.H/c21-19(23-17-7-3-1-4-8-17)15-11-13-16(14-12-15)20(22)24-18-9-5-2-6-10-18;;/h11-14,17-18H,1-10H2;;/q;+1;-1. The second-order valence-corrected chi connectivity index (χ2v) is 6.91. The van der Waals surface area contributed by atoms with Crippen LogP contribution in [0.15, 0.2) is 24.3 Å². The minimum Gasteiger partial charge on any atom is -1.00 e. The summed E-state index contributed by atoms with van der Waals surface area (Å²) in [6.45, 7) is 0. The Morgan fingerprint density at radius 1 is 0.680 bits per heavy atom. The Hall–Kier alpha value is 0.212. The van der Waals surface area contributed by atoms with E-state index in [9.17, 15) is 9.59 Å². The second-order valence-electron chi connectivity index (χ2n) is 6.91. The molecule has 0 heterocycles. The molecule has 5 heteroatoms. The molecule has 0 spiro atoms. The van der Waals surface area contributed by atoms with E-state index in [0.29, 0.717) is 11.1 Å². The van der Waals surface area contributed by atoms with Gasteiger partial charge in [0, 0.05) is 0 Å². The third-order valence-electron chi connectivity index (χ3n) is 5.01. The number of hydrogen-bond donors (Lipinski definition) is 0. The van der Waals surface area contributed by atoms with Gasteiger partial charge in [-0.2, -0.15) is 0 Å². The zero-order chi connectivity index (χ0) is 16.8. The molecule has 0 bridgehead atoms. The van der Waals surface area contributed by atoms with Crippen molar-refractivity contribution in [2.45, 2.75) is 76.4 Å². The zero-order valence-corrected chi connectivity index (χ0v) is 21.4. The average molecular weight is 464 g/mol. The molecule has 4 nitrogen and oxygen atoms in total. The number of carbonyl (C=O) groups excluding carboxylic acids is 2.